The van der Waals surface area contributed by atoms with Crippen LogP contribution < -0.4 is 10.6 Å². The molecule has 0 saturated heterocycles. The van der Waals surface area contributed by atoms with Gasteiger partial charge in [-0.1, -0.05) is 32.0 Å². The van der Waals surface area contributed by atoms with E-state index in [0.717, 1.165) is 10.7 Å². The van der Waals surface area contributed by atoms with Crippen molar-refractivity contribution in [1.29, 1.82) is 0 Å². The molecule has 122 valence electrons. The van der Waals surface area contributed by atoms with Crippen molar-refractivity contribution >= 4 is 23.2 Å². The average molecular weight is 331 g/mol. The first-order chi connectivity index (χ1) is 11.0. The number of aryl methyl sites for hydroxylation is 1. The lowest BCUT2D eigenvalue weighted by Crippen LogP contribution is -2.34. The lowest BCUT2D eigenvalue weighted by atomic mass is 10.2. The zero-order valence-corrected chi connectivity index (χ0v) is 14.4. The minimum Gasteiger partial charge on any atom is -0.350 e. The van der Waals surface area contributed by atoms with Crippen molar-refractivity contribution < 1.29 is 9.59 Å². The predicted octanol–water partition coefficient (Wildman–Crippen LogP) is 2.73. The quantitative estimate of drug-likeness (QED) is 0.800. The molecule has 0 radical (unpaired) electrons. The molecule has 0 spiro atoms. The van der Waals surface area contributed by atoms with E-state index in [1.54, 1.807) is 12.1 Å². The molecule has 0 unspecified atom stereocenters. The number of thiazole rings is 1. The van der Waals surface area contributed by atoms with Gasteiger partial charge in [0.1, 0.15) is 4.88 Å². The summed E-state index contributed by atoms with van der Waals surface area (Å²) in [7, 11) is 0. The Bertz CT molecular complexity index is 680. The molecule has 0 saturated carbocycles. The highest BCUT2D eigenvalue weighted by atomic mass is 32.1. The van der Waals surface area contributed by atoms with Gasteiger partial charge in [0.15, 0.2) is 0 Å². The topological polar surface area (TPSA) is 71.1 Å². The van der Waals surface area contributed by atoms with Gasteiger partial charge in [-0.2, -0.15) is 0 Å². The second-order valence-electron chi connectivity index (χ2n) is 5.50. The number of nitrogens with one attached hydrogen (secondary N) is 2. The maximum Gasteiger partial charge on any atom is 0.263 e. The summed E-state index contributed by atoms with van der Waals surface area (Å²) in [5.41, 5.74) is 1.36. The number of carbonyl (C=O) groups is 2. The van der Waals surface area contributed by atoms with E-state index in [-0.39, 0.29) is 11.8 Å². The molecule has 0 aliphatic heterocycles. The molecule has 1 heterocycles. The Kier molecular flexibility index (Phi) is 5.87. The molecule has 0 aliphatic rings. The summed E-state index contributed by atoms with van der Waals surface area (Å²) < 4.78 is 0. The van der Waals surface area contributed by atoms with Gasteiger partial charge in [-0.3, -0.25) is 9.59 Å². The molecule has 2 N–H and O–H groups in total. The molecule has 2 amide bonds. The van der Waals surface area contributed by atoms with E-state index in [4.69, 9.17) is 0 Å². The lowest BCUT2D eigenvalue weighted by molar-refractivity contribution is 0.0929. The van der Waals surface area contributed by atoms with E-state index in [1.165, 1.54) is 11.3 Å². The summed E-state index contributed by atoms with van der Waals surface area (Å²) in [6.45, 7) is 6.72. The van der Waals surface area contributed by atoms with Crippen molar-refractivity contribution in [3.8, 4) is 0 Å². The standard InChI is InChI=1S/C17H21N3O2S/c1-11(2)17-20-12(3)14(23-17)16(22)19-10-9-18-15(21)13-7-5-4-6-8-13/h4-8,11H,9-10H2,1-3H3,(H,18,21)(H,19,22). The summed E-state index contributed by atoms with van der Waals surface area (Å²) in [5, 5.41) is 6.56. The molecule has 5 nitrogen and oxygen atoms in total. The first kappa shape index (κ1) is 17.1. The molecule has 2 aromatic rings. The molecular weight excluding hydrogens is 310 g/mol. The van der Waals surface area contributed by atoms with Crippen molar-refractivity contribution in [2.24, 2.45) is 0 Å². The molecule has 0 bridgehead atoms. The molecule has 2 rings (SSSR count). The van der Waals surface area contributed by atoms with Gasteiger partial charge in [0.2, 0.25) is 0 Å². The average Bonchev–Trinajstić information content (AvgIpc) is 2.94. The largest absolute Gasteiger partial charge is 0.350 e. The second-order valence-corrected chi connectivity index (χ2v) is 6.53. The van der Waals surface area contributed by atoms with E-state index in [2.05, 4.69) is 29.5 Å². The van der Waals surface area contributed by atoms with Gasteiger partial charge >= 0.3 is 0 Å². The van der Waals surface area contributed by atoms with Crippen molar-refractivity contribution in [3.05, 3.63) is 51.5 Å². The van der Waals surface area contributed by atoms with Crippen LogP contribution in [-0.2, 0) is 0 Å². The highest BCUT2D eigenvalue weighted by Gasteiger charge is 2.16. The van der Waals surface area contributed by atoms with Gasteiger partial charge in [-0.05, 0) is 19.1 Å². The molecule has 0 aliphatic carbocycles. The number of hydrogen-bond donors (Lipinski definition) is 2. The van der Waals surface area contributed by atoms with E-state index >= 15 is 0 Å². The van der Waals surface area contributed by atoms with Gasteiger partial charge in [0, 0.05) is 24.6 Å². The highest BCUT2D eigenvalue weighted by Crippen LogP contribution is 2.24. The number of rotatable bonds is 6. The van der Waals surface area contributed by atoms with Crippen molar-refractivity contribution in [2.45, 2.75) is 26.7 Å². The van der Waals surface area contributed by atoms with Crippen LogP contribution >= 0.6 is 11.3 Å². The molecule has 0 fully saturated rings. The van der Waals surface area contributed by atoms with Crippen LogP contribution in [0.5, 0.6) is 0 Å². The molecule has 1 aromatic heterocycles. The van der Waals surface area contributed by atoms with Crippen LogP contribution in [0, 0.1) is 6.92 Å². The minimum absolute atomic E-state index is 0.138. The summed E-state index contributed by atoms with van der Waals surface area (Å²) in [5.74, 6) is 0.0298. The number of carbonyl (C=O) groups excluding carboxylic acids is 2. The van der Waals surface area contributed by atoms with E-state index in [9.17, 15) is 9.59 Å². The maximum atomic E-state index is 12.2. The maximum absolute atomic E-state index is 12.2. The van der Waals surface area contributed by atoms with Crippen LogP contribution in [0.2, 0.25) is 0 Å². The van der Waals surface area contributed by atoms with Gasteiger partial charge in [0.25, 0.3) is 11.8 Å². The Balaban J connectivity index is 1.80. The van der Waals surface area contributed by atoms with Crippen LogP contribution in [-0.4, -0.2) is 29.9 Å². The summed E-state index contributed by atoms with van der Waals surface area (Å²) in [6, 6.07) is 9.00. The third-order valence-corrected chi connectivity index (χ3v) is 4.70. The van der Waals surface area contributed by atoms with Crippen molar-refractivity contribution in [2.75, 3.05) is 13.1 Å². The third-order valence-electron chi connectivity index (χ3n) is 3.25. The highest BCUT2D eigenvalue weighted by molar-refractivity contribution is 7.13. The smallest absolute Gasteiger partial charge is 0.263 e. The minimum atomic E-state index is -0.143. The van der Waals surface area contributed by atoms with E-state index < -0.39 is 0 Å². The summed E-state index contributed by atoms with van der Waals surface area (Å²) in [4.78, 5) is 29.1. The van der Waals surface area contributed by atoms with Crippen LogP contribution in [0.1, 0.15) is 50.5 Å². The fraction of sp³-hybridized carbons (Fsp3) is 0.353. The van der Waals surface area contributed by atoms with Gasteiger partial charge in [-0.25, -0.2) is 4.98 Å². The third kappa shape index (κ3) is 4.63. The van der Waals surface area contributed by atoms with Crippen LogP contribution in [0.15, 0.2) is 30.3 Å². The van der Waals surface area contributed by atoms with Crippen LogP contribution in [0.3, 0.4) is 0 Å². The van der Waals surface area contributed by atoms with E-state index in [0.29, 0.717) is 29.4 Å². The van der Waals surface area contributed by atoms with Crippen molar-refractivity contribution in [1.82, 2.24) is 15.6 Å². The Labute approximate surface area is 140 Å². The normalized spacial score (nSPS) is 10.6. The Morgan fingerprint density at radius 2 is 1.70 bits per heavy atom. The summed E-state index contributed by atoms with van der Waals surface area (Å²) >= 11 is 1.43. The van der Waals surface area contributed by atoms with Crippen molar-refractivity contribution in [3.63, 3.8) is 0 Å². The fourth-order valence-electron chi connectivity index (χ4n) is 2.00. The Morgan fingerprint density at radius 1 is 1.09 bits per heavy atom. The van der Waals surface area contributed by atoms with Crippen LogP contribution in [0.4, 0.5) is 0 Å². The second kappa shape index (κ2) is 7.87. The lowest BCUT2D eigenvalue weighted by Gasteiger charge is -2.06. The molecule has 0 atom stereocenters. The number of aromatic nitrogens is 1. The first-order valence-electron chi connectivity index (χ1n) is 7.57. The fourth-order valence-corrected chi connectivity index (χ4v) is 2.98. The van der Waals surface area contributed by atoms with Gasteiger partial charge < -0.3 is 10.6 Å². The van der Waals surface area contributed by atoms with Gasteiger partial charge in [-0.15, -0.1) is 11.3 Å². The number of amides is 2. The first-order valence-corrected chi connectivity index (χ1v) is 8.39. The molecule has 1 aromatic carbocycles. The predicted molar refractivity (Wildman–Crippen MR) is 92.0 cm³/mol. The Hall–Kier alpha value is -2.21. The molecule has 23 heavy (non-hydrogen) atoms. The van der Waals surface area contributed by atoms with E-state index in [1.807, 2.05) is 25.1 Å². The summed E-state index contributed by atoms with van der Waals surface area (Å²) in [6.07, 6.45) is 0. The monoisotopic (exact) mass is 331 g/mol. The number of benzene rings is 1. The molecule has 6 heteroatoms. The zero-order chi connectivity index (χ0) is 16.8. The van der Waals surface area contributed by atoms with Gasteiger partial charge in [0.05, 0.1) is 10.7 Å². The van der Waals surface area contributed by atoms with Crippen LogP contribution in [0.25, 0.3) is 0 Å². The zero-order valence-electron chi connectivity index (χ0n) is 13.6. The number of nitrogens with zero attached hydrogens (tertiary/aromatic N) is 1. The molecular formula is C17H21N3O2S. The number of hydrogen-bond acceptors (Lipinski definition) is 4. The Morgan fingerprint density at radius 3 is 2.26 bits per heavy atom. The SMILES string of the molecule is Cc1nc(C(C)C)sc1C(=O)NCCNC(=O)c1ccccc1.